The number of amides is 1. The number of hydrogen-bond acceptors (Lipinski definition) is 5. The number of benzene rings is 1. The molecular formula is C28H42N4O2. The van der Waals surface area contributed by atoms with Crippen molar-refractivity contribution in [3.8, 4) is 11.5 Å². The summed E-state index contributed by atoms with van der Waals surface area (Å²) in [5, 5.41) is 3.20. The molecule has 3 heterocycles. The lowest BCUT2D eigenvalue weighted by molar-refractivity contribution is -0.126. The van der Waals surface area contributed by atoms with Crippen LogP contribution in [0, 0.1) is 31.6 Å². The van der Waals surface area contributed by atoms with Crippen LogP contribution in [0.1, 0.15) is 56.5 Å². The zero-order valence-electron chi connectivity index (χ0n) is 21.5. The topological polar surface area (TPSA) is 61.6 Å². The highest BCUT2D eigenvalue weighted by molar-refractivity contribution is 5.78. The molecule has 1 N–H and O–H groups in total. The highest BCUT2D eigenvalue weighted by Crippen LogP contribution is 2.25. The van der Waals surface area contributed by atoms with Crippen molar-refractivity contribution < 1.29 is 9.21 Å². The maximum Gasteiger partial charge on any atom is 0.226 e. The van der Waals surface area contributed by atoms with Crippen molar-refractivity contribution in [2.24, 2.45) is 17.8 Å². The predicted molar refractivity (Wildman–Crippen MR) is 136 cm³/mol. The van der Waals surface area contributed by atoms with Gasteiger partial charge in [-0.05, 0) is 83.1 Å². The number of hydrogen-bond donors (Lipinski definition) is 1. The Balaban J connectivity index is 1.17. The summed E-state index contributed by atoms with van der Waals surface area (Å²) in [6.07, 6.45) is 4.21. The van der Waals surface area contributed by atoms with Crippen LogP contribution in [0.5, 0.6) is 0 Å². The number of aromatic nitrogens is 1. The maximum absolute atomic E-state index is 12.7. The minimum absolute atomic E-state index is 0.132. The SMILES string of the molecule is Cc1cccc(-c2nc(CN3CCC(C(=O)NCCCN4C[C@H](C)C[C@H](C)C4)CC3)c(C)o2)c1. The molecule has 2 aliphatic heterocycles. The smallest absolute Gasteiger partial charge is 0.226 e. The molecule has 0 unspecified atom stereocenters. The van der Waals surface area contributed by atoms with Gasteiger partial charge in [0.15, 0.2) is 0 Å². The first kappa shape index (κ1) is 24.9. The predicted octanol–water partition coefficient (Wildman–Crippen LogP) is 4.65. The third kappa shape index (κ3) is 6.70. The fraction of sp³-hybridized carbons (Fsp3) is 0.643. The van der Waals surface area contributed by atoms with Crippen LogP contribution in [-0.2, 0) is 11.3 Å². The summed E-state index contributed by atoms with van der Waals surface area (Å²) in [5.74, 6) is 3.53. The third-order valence-electron chi connectivity index (χ3n) is 7.38. The lowest BCUT2D eigenvalue weighted by Crippen LogP contribution is -2.42. The second kappa shape index (κ2) is 11.5. The number of piperidine rings is 2. The van der Waals surface area contributed by atoms with Gasteiger partial charge >= 0.3 is 0 Å². The molecule has 34 heavy (non-hydrogen) atoms. The normalized spacial score (nSPS) is 22.7. The van der Waals surface area contributed by atoms with E-state index >= 15 is 0 Å². The second-order valence-corrected chi connectivity index (χ2v) is 10.8. The van der Waals surface area contributed by atoms with Gasteiger partial charge in [-0.3, -0.25) is 9.69 Å². The number of rotatable bonds is 8. The summed E-state index contributed by atoms with van der Waals surface area (Å²) in [6.45, 7) is 15.7. The molecule has 1 aromatic heterocycles. The third-order valence-corrected chi connectivity index (χ3v) is 7.38. The molecule has 4 rings (SSSR count). The van der Waals surface area contributed by atoms with Crippen LogP contribution >= 0.6 is 0 Å². The lowest BCUT2D eigenvalue weighted by atomic mass is 9.92. The van der Waals surface area contributed by atoms with E-state index in [1.165, 1.54) is 25.1 Å². The molecule has 6 nitrogen and oxygen atoms in total. The molecule has 2 aromatic rings. The Morgan fingerprint density at radius 1 is 1.12 bits per heavy atom. The molecule has 0 aliphatic carbocycles. The van der Waals surface area contributed by atoms with Crippen molar-refractivity contribution in [1.82, 2.24) is 20.1 Å². The van der Waals surface area contributed by atoms with Crippen LogP contribution in [0.15, 0.2) is 28.7 Å². The molecule has 0 bridgehead atoms. The van der Waals surface area contributed by atoms with Gasteiger partial charge in [-0.1, -0.05) is 31.5 Å². The second-order valence-electron chi connectivity index (χ2n) is 10.8. The Labute approximate surface area is 205 Å². The molecule has 0 saturated carbocycles. The van der Waals surface area contributed by atoms with Crippen LogP contribution in [-0.4, -0.2) is 60.0 Å². The largest absolute Gasteiger partial charge is 0.441 e. The van der Waals surface area contributed by atoms with Gasteiger partial charge < -0.3 is 14.6 Å². The fourth-order valence-corrected chi connectivity index (χ4v) is 5.67. The fourth-order valence-electron chi connectivity index (χ4n) is 5.67. The summed E-state index contributed by atoms with van der Waals surface area (Å²) in [7, 11) is 0. The van der Waals surface area contributed by atoms with E-state index in [0.29, 0.717) is 5.89 Å². The van der Waals surface area contributed by atoms with Crippen molar-refractivity contribution in [2.75, 3.05) is 39.3 Å². The first-order valence-corrected chi connectivity index (χ1v) is 13.1. The van der Waals surface area contributed by atoms with Crippen LogP contribution < -0.4 is 5.32 Å². The molecule has 2 atom stereocenters. The number of oxazole rings is 1. The molecule has 6 heteroatoms. The number of carbonyl (C=O) groups is 1. The summed E-state index contributed by atoms with van der Waals surface area (Å²) in [4.78, 5) is 22.4. The van der Waals surface area contributed by atoms with Crippen molar-refractivity contribution in [1.29, 1.82) is 0 Å². The summed E-state index contributed by atoms with van der Waals surface area (Å²) >= 11 is 0. The van der Waals surface area contributed by atoms with Crippen molar-refractivity contribution in [2.45, 2.75) is 59.9 Å². The number of likely N-dealkylation sites (tertiary alicyclic amines) is 2. The number of nitrogens with one attached hydrogen (secondary N) is 1. The van der Waals surface area contributed by atoms with Gasteiger partial charge in [0, 0.05) is 37.7 Å². The maximum atomic E-state index is 12.7. The van der Waals surface area contributed by atoms with E-state index in [1.807, 2.05) is 19.1 Å². The first-order chi connectivity index (χ1) is 16.4. The van der Waals surface area contributed by atoms with Crippen LogP contribution in [0.4, 0.5) is 0 Å². The molecule has 0 radical (unpaired) electrons. The number of carbonyl (C=O) groups excluding carboxylic acids is 1. The first-order valence-electron chi connectivity index (χ1n) is 13.1. The average molecular weight is 467 g/mol. The summed E-state index contributed by atoms with van der Waals surface area (Å²) in [5.41, 5.74) is 3.22. The Morgan fingerprint density at radius 3 is 2.56 bits per heavy atom. The molecule has 1 aromatic carbocycles. The van der Waals surface area contributed by atoms with Gasteiger partial charge in [0.1, 0.15) is 5.76 Å². The quantitative estimate of drug-likeness (QED) is 0.574. The lowest BCUT2D eigenvalue weighted by Gasteiger charge is -2.35. The van der Waals surface area contributed by atoms with Crippen LogP contribution in [0.3, 0.4) is 0 Å². The van der Waals surface area contributed by atoms with E-state index < -0.39 is 0 Å². The minimum Gasteiger partial charge on any atom is -0.441 e. The van der Waals surface area contributed by atoms with Gasteiger partial charge in [0.2, 0.25) is 11.8 Å². The van der Waals surface area contributed by atoms with E-state index in [0.717, 1.165) is 80.8 Å². The Hall–Kier alpha value is -2.18. The van der Waals surface area contributed by atoms with Crippen molar-refractivity contribution in [3.63, 3.8) is 0 Å². The van der Waals surface area contributed by atoms with E-state index in [9.17, 15) is 4.79 Å². The molecule has 0 spiro atoms. The van der Waals surface area contributed by atoms with Crippen molar-refractivity contribution in [3.05, 3.63) is 41.3 Å². The molecule has 2 saturated heterocycles. The molecule has 186 valence electrons. The van der Waals surface area contributed by atoms with E-state index in [-0.39, 0.29) is 11.8 Å². The molecule has 2 fully saturated rings. The zero-order valence-corrected chi connectivity index (χ0v) is 21.5. The van der Waals surface area contributed by atoms with Gasteiger partial charge in [-0.15, -0.1) is 0 Å². The number of nitrogens with zero attached hydrogens (tertiary/aromatic N) is 3. The summed E-state index contributed by atoms with van der Waals surface area (Å²) < 4.78 is 5.96. The molecule has 1 amide bonds. The van der Waals surface area contributed by atoms with Gasteiger partial charge in [-0.25, -0.2) is 4.98 Å². The average Bonchev–Trinajstić information content (AvgIpc) is 3.16. The Bertz CT molecular complexity index is 938. The standard InChI is InChI=1S/C28H42N4O2/c1-20-7-5-8-25(16-20)28-30-26(23(4)34-28)19-31-13-9-24(10-14-31)27(33)29-11-6-12-32-17-21(2)15-22(3)18-32/h5,7-8,16,21-22,24H,6,9-15,17-19H2,1-4H3,(H,29,33)/t21-,22+. The van der Waals surface area contributed by atoms with Gasteiger partial charge in [-0.2, -0.15) is 0 Å². The van der Waals surface area contributed by atoms with Crippen LogP contribution in [0.25, 0.3) is 11.5 Å². The highest BCUT2D eigenvalue weighted by atomic mass is 16.4. The molecular weight excluding hydrogens is 424 g/mol. The van der Waals surface area contributed by atoms with E-state index in [4.69, 9.17) is 9.40 Å². The minimum atomic E-state index is 0.132. The highest BCUT2D eigenvalue weighted by Gasteiger charge is 2.26. The van der Waals surface area contributed by atoms with Gasteiger partial charge in [0.05, 0.1) is 5.69 Å². The number of aryl methyl sites for hydroxylation is 2. The van der Waals surface area contributed by atoms with Crippen LogP contribution in [0.2, 0.25) is 0 Å². The van der Waals surface area contributed by atoms with Crippen molar-refractivity contribution >= 4 is 5.91 Å². The van der Waals surface area contributed by atoms with E-state index in [1.54, 1.807) is 0 Å². The Kier molecular flexibility index (Phi) is 8.43. The van der Waals surface area contributed by atoms with E-state index in [2.05, 4.69) is 48.0 Å². The van der Waals surface area contributed by atoms with Gasteiger partial charge in [0.25, 0.3) is 0 Å². The zero-order chi connectivity index (χ0) is 24.1. The summed E-state index contributed by atoms with van der Waals surface area (Å²) in [6, 6.07) is 8.26. The molecule has 2 aliphatic rings. The monoisotopic (exact) mass is 466 g/mol. The Morgan fingerprint density at radius 2 is 1.85 bits per heavy atom.